The summed E-state index contributed by atoms with van der Waals surface area (Å²) < 4.78 is 5.20. The van der Waals surface area contributed by atoms with Gasteiger partial charge in [-0.15, -0.1) is 0 Å². The molecule has 1 aliphatic carbocycles. The van der Waals surface area contributed by atoms with Crippen molar-refractivity contribution < 1.29 is 19.1 Å². The van der Waals surface area contributed by atoms with Crippen molar-refractivity contribution >= 4 is 52.4 Å². The van der Waals surface area contributed by atoms with Gasteiger partial charge >= 0.3 is 0 Å². The van der Waals surface area contributed by atoms with Gasteiger partial charge in [0.05, 0.1) is 22.9 Å². The van der Waals surface area contributed by atoms with Gasteiger partial charge in [-0.05, 0) is 56.0 Å². The Morgan fingerprint density at radius 2 is 1.79 bits per heavy atom. The molecule has 8 nitrogen and oxygen atoms in total. The molecule has 2 heterocycles. The summed E-state index contributed by atoms with van der Waals surface area (Å²) in [7, 11) is 0. The van der Waals surface area contributed by atoms with Crippen LogP contribution in [0.4, 0.5) is 11.5 Å². The number of rotatable bonds is 5. The molecule has 0 unspecified atom stereocenters. The Kier molecular flexibility index (Phi) is 7.47. The quantitative estimate of drug-likeness (QED) is 0.659. The van der Waals surface area contributed by atoms with Gasteiger partial charge < -0.3 is 20.3 Å². The van der Waals surface area contributed by atoms with Crippen LogP contribution in [0.15, 0.2) is 36.5 Å². The number of halogens is 2. The monoisotopic (exact) mass is 490 g/mol. The lowest BCUT2D eigenvalue weighted by atomic mass is 9.84. The number of amides is 3. The molecule has 1 saturated carbocycles. The van der Waals surface area contributed by atoms with Crippen LogP contribution in [0.3, 0.4) is 0 Å². The summed E-state index contributed by atoms with van der Waals surface area (Å²) in [4.78, 5) is 43.8. The first kappa shape index (κ1) is 23.5. The fourth-order valence-electron chi connectivity index (χ4n) is 4.25. The number of anilines is 2. The highest BCUT2D eigenvalue weighted by atomic mass is 35.5. The van der Waals surface area contributed by atoms with Crippen molar-refractivity contribution in [3.8, 4) is 0 Å². The minimum Gasteiger partial charge on any atom is -0.370 e. The number of carbonyl (C=O) groups excluding carboxylic acids is 3. The molecule has 0 atom stereocenters. The van der Waals surface area contributed by atoms with Crippen molar-refractivity contribution in [3.63, 3.8) is 0 Å². The first-order valence-electron chi connectivity index (χ1n) is 10.8. The van der Waals surface area contributed by atoms with Crippen molar-refractivity contribution in [2.75, 3.05) is 30.4 Å². The number of aromatic nitrogens is 1. The van der Waals surface area contributed by atoms with E-state index in [-0.39, 0.29) is 35.9 Å². The molecule has 10 heteroatoms. The van der Waals surface area contributed by atoms with Crippen LogP contribution in [0.1, 0.15) is 36.0 Å². The molecule has 1 aromatic carbocycles. The Hall–Kier alpha value is -2.68. The second-order valence-corrected chi connectivity index (χ2v) is 9.01. The van der Waals surface area contributed by atoms with E-state index in [1.165, 1.54) is 12.3 Å². The van der Waals surface area contributed by atoms with Crippen LogP contribution in [0.2, 0.25) is 10.0 Å². The van der Waals surface area contributed by atoms with Gasteiger partial charge in [0.25, 0.3) is 5.91 Å². The predicted molar refractivity (Wildman–Crippen MR) is 126 cm³/mol. The summed E-state index contributed by atoms with van der Waals surface area (Å²) in [6.07, 6.45) is 4.30. The van der Waals surface area contributed by atoms with E-state index < -0.39 is 5.91 Å². The Bertz CT molecular complexity index is 1040. The second-order valence-electron chi connectivity index (χ2n) is 8.14. The van der Waals surface area contributed by atoms with Crippen LogP contribution in [-0.4, -0.2) is 53.4 Å². The van der Waals surface area contributed by atoms with Crippen molar-refractivity contribution in [1.82, 2.24) is 9.88 Å². The van der Waals surface area contributed by atoms with Crippen LogP contribution in [0.5, 0.6) is 0 Å². The molecule has 2 aliphatic rings. The summed E-state index contributed by atoms with van der Waals surface area (Å²) in [5.74, 6) is -0.444. The summed E-state index contributed by atoms with van der Waals surface area (Å²) in [6, 6.07) is 8.09. The number of nitrogens with one attached hydrogen (secondary N) is 2. The van der Waals surface area contributed by atoms with Gasteiger partial charge in [0.2, 0.25) is 11.8 Å². The van der Waals surface area contributed by atoms with Gasteiger partial charge in [0.1, 0.15) is 12.4 Å². The highest BCUT2D eigenvalue weighted by molar-refractivity contribution is 6.31. The molecule has 33 heavy (non-hydrogen) atoms. The SMILES string of the molecule is O=C(Nc1ccc(Cl)cn1)c1cc(Cl)ccc1NC(=O)[C@H]1CC[C@H](N2CCOCC2=O)CC1. The van der Waals surface area contributed by atoms with E-state index in [4.69, 9.17) is 27.9 Å². The summed E-state index contributed by atoms with van der Waals surface area (Å²) in [6.45, 7) is 1.29. The van der Waals surface area contributed by atoms with Gasteiger partial charge in [-0.1, -0.05) is 23.2 Å². The Morgan fingerprint density at radius 1 is 1.03 bits per heavy atom. The third kappa shape index (κ3) is 5.82. The number of hydrogen-bond acceptors (Lipinski definition) is 5. The summed E-state index contributed by atoms with van der Waals surface area (Å²) in [5, 5.41) is 6.40. The smallest absolute Gasteiger partial charge is 0.258 e. The minimum atomic E-state index is -0.447. The molecule has 3 amide bonds. The molecule has 0 radical (unpaired) electrons. The normalized spacial score (nSPS) is 20.9. The third-order valence-electron chi connectivity index (χ3n) is 5.98. The highest BCUT2D eigenvalue weighted by Crippen LogP contribution is 2.30. The van der Waals surface area contributed by atoms with Gasteiger partial charge in [0, 0.05) is 29.7 Å². The minimum absolute atomic E-state index is 0.0150. The molecule has 1 aliphatic heterocycles. The standard InChI is InChI=1S/C23H24Cl2N4O4/c24-15-3-7-19(18(11-15)23(32)28-20-8-4-16(25)12-26-20)27-22(31)14-1-5-17(6-2-14)29-9-10-33-13-21(29)30/h3-4,7-8,11-12,14,17H,1-2,5-6,9-10,13H2,(H,27,31)(H,26,28,32)/t14-,17-. The maximum atomic E-state index is 13.0. The van der Waals surface area contributed by atoms with E-state index in [1.807, 2.05) is 4.90 Å². The second kappa shape index (κ2) is 10.5. The summed E-state index contributed by atoms with van der Waals surface area (Å²) >= 11 is 11.9. The fourth-order valence-corrected chi connectivity index (χ4v) is 4.53. The van der Waals surface area contributed by atoms with Gasteiger partial charge in [-0.25, -0.2) is 4.98 Å². The van der Waals surface area contributed by atoms with Crippen LogP contribution in [0.25, 0.3) is 0 Å². The Balaban J connectivity index is 1.39. The van der Waals surface area contributed by atoms with Gasteiger partial charge in [-0.3, -0.25) is 14.4 Å². The van der Waals surface area contributed by atoms with Crippen LogP contribution >= 0.6 is 23.2 Å². The van der Waals surface area contributed by atoms with Crippen molar-refractivity contribution in [3.05, 3.63) is 52.1 Å². The zero-order valence-electron chi connectivity index (χ0n) is 17.9. The van der Waals surface area contributed by atoms with E-state index in [1.54, 1.807) is 24.3 Å². The highest BCUT2D eigenvalue weighted by Gasteiger charge is 2.33. The fraction of sp³-hybridized carbons (Fsp3) is 0.391. The molecule has 2 N–H and O–H groups in total. The van der Waals surface area contributed by atoms with E-state index in [2.05, 4.69) is 15.6 Å². The number of morpholine rings is 1. The van der Waals surface area contributed by atoms with E-state index in [0.717, 1.165) is 12.8 Å². The van der Waals surface area contributed by atoms with Crippen LogP contribution < -0.4 is 10.6 Å². The van der Waals surface area contributed by atoms with Crippen LogP contribution in [0, 0.1) is 5.92 Å². The van der Waals surface area contributed by atoms with E-state index in [9.17, 15) is 14.4 Å². The molecule has 174 valence electrons. The molecular formula is C23H24Cl2N4O4. The number of nitrogens with zero attached hydrogens (tertiary/aromatic N) is 2. The van der Waals surface area contributed by atoms with Gasteiger partial charge in [0.15, 0.2) is 0 Å². The average Bonchev–Trinajstić information content (AvgIpc) is 2.82. The van der Waals surface area contributed by atoms with Crippen LogP contribution in [-0.2, 0) is 14.3 Å². The van der Waals surface area contributed by atoms with Crippen molar-refractivity contribution in [1.29, 1.82) is 0 Å². The van der Waals surface area contributed by atoms with E-state index in [0.29, 0.717) is 47.5 Å². The zero-order chi connectivity index (χ0) is 23.4. The molecule has 0 spiro atoms. The molecule has 2 fully saturated rings. The lowest BCUT2D eigenvalue weighted by Gasteiger charge is -2.38. The molecule has 1 aromatic heterocycles. The Morgan fingerprint density at radius 3 is 2.48 bits per heavy atom. The maximum Gasteiger partial charge on any atom is 0.258 e. The number of pyridine rings is 1. The number of ether oxygens (including phenoxy) is 1. The molecule has 4 rings (SSSR count). The topological polar surface area (TPSA) is 101 Å². The predicted octanol–water partition coefficient (Wildman–Crippen LogP) is 4.00. The average molecular weight is 491 g/mol. The number of benzene rings is 1. The first-order chi connectivity index (χ1) is 15.9. The lowest BCUT2D eigenvalue weighted by Crippen LogP contribution is -2.49. The molecule has 2 aromatic rings. The lowest BCUT2D eigenvalue weighted by molar-refractivity contribution is -0.146. The molecular weight excluding hydrogens is 467 g/mol. The van der Waals surface area contributed by atoms with E-state index >= 15 is 0 Å². The first-order valence-corrected chi connectivity index (χ1v) is 11.6. The third-order valence-corrected chi connectivity index (χ3v) is 6.44. The number of carbonyl (C=O) groups is 3. The van der Waals surface area contributed by atoms with Gasteiger partial charge in [-0.2, -0.15) is 0 Å². The molecule has 1 saturated heterocycles. The zero-order valence-corrected chi connectivity index (χ0v) is 19.4. The largest absolute Gasteiger partial charge is 0.370 e. The molecule has 0 bridgehead atoms. The summed E-state index contributed by atoms with van der Waals surface area (Å²) in [5.41, 5.74) is 0.613. The van der Waals surface area contributed by atoms with Crippen molar-refractivity contribution in [2.24, 2.45) is 5.92 Å². The number of hydrogen-bond donors (Lipinski definition) is 2. The maximum absolute atomic E-state index is 13.0. The Labute approximate surface area is 201 Å². The van der Waals surface area contributed by atoms with Crippen molar-refractivity contribution in [2.45, 2.75) is 31.7 Å².